The Morgan fingerprint density at radius 3 is 2.82 bits per heavy atom. The summed E-state index contributed by atoms with van der Waals surface area (Å²) in [6, 6.07) is 15.6. The fraction of sp³-hybridized carbons (Fsp3) is 0.227. The van der Waals surface area contributed by atoms with Gasteiger partial charge in [0, 0.05) is 18.1 Å². The second kappa shape index (κ2) is 8.19. The summed E-state index contributed by atoms with van der Waals surface area (Å²) in [5.74, 6) is 0.538. The van der Waals surface area contributed by atoms with Crippen molar-refractivity contribution in [2.45, 2.75) is 25.9 Å². The Morgan fingerprint density at radius 1 is 1.18 bits per heavy atom. The third-order valence-corrected chi connectivity index (χ3v) is 4.69. The highest BCUT2D eigenvalue weighted by Gasteiger charge is 2.23. The van der Waals surface area contributed by atoms with Crippen molar-refractivity contribution < 1.29 is 14.3 Å². The van der Waals surface area contributed by atoms with Crippen molar-refractivity contribution in [1.29, 1.82) is 0 Å². The van der Waals surface area contributed by atoms with E-state index in [0.29, 0.717) is 12.4 Å². The number of carbonyl (C=O) groups is 1. The highest BCUT2D eigenvalue weighted by atomic mass is 16.5. The second-order valence-corrected chi connectivity index (χ2v) is 6.67. The van der Waals surface area contributed by atoms with Crippen LogP contribution in [0.15, 0.2) is 60.9 Å². The Morgan fingerprint density at radius 2 is 2.00 bits per heavy atom. The average molecular weight is 375 g/mol. The summed E-state index contributed by atoms with van der Waals surface area (Å²) in [6.45, 7) is 2.56. The highest BCUT2D eigenvalue weighted by molar-refractivity contribution is 5.92. The molecule has 4 rings (SSSR count). The standard InChI is InChI=1S/C22H21N3O3/c1-15-13-17(28-22-23-10-4-11-24-22)7-8-19(15)25-21(26)14-20-18-6-3-2-5-16(18)9-12-27-20/h2-8,10-11,13,20H,9,12,14H2,1H3,(H,25,26). The molecule has 2 aromatic carbocycles. The molecule has 1 unspecified atom stereocenters. The van der Waals surface area contributed by atoms with Crippen molar-refractivity contribution in [3.05, 3.63) is 77.6 Å². The van der Waals surface area contributed by atoms with E-state index in [1.807, 2.05) is 37.3 Å². The Hall–Kier alpha value is -3.25. The first kappa shape index (κ1) is 18.1. The lowest BCUT2D eigenvalue weighted by Gasteiger charge is -2.25. The minimum absolute atomic E-state index is 0.0788. The van der Waals surface area contributed by atoms with Crippen LogP contribution in [-0.2, 0) is 16.0 Å². The monoisotopic (exact) mass is 375 g/mol. The van der Waals surface area contributed by atoms with Crippen LogP contribution in [0, 0.1) is 6.92 Å². The maximum atomic E-state index is 12.6. The zero-order valence-electron chi connectivity index (χ0n) is 15.6. The Kier molecular flexibility index (Phi) is 5.30. The number of ether oxygens (including phenoxy) is 2. The van der Waals surface area contributed by atoms with Gasteiger partial charge in [0.25, 0.3) is 0 Å². The predicted octanol–water partition coefficient (Wildman–Crippen LogP) is 4.22. The number of benzene rings is 2. The van der Waals surface area contributed by atoms with Crippen molar-refractivity contribution in [1.82, 2.24) is 9.97 Å². The number of carbonyl (C=O) groups excluding carboxylic acids is 1. The Labute approximate surface area is 163 Å². The summed E-state index contributed by atoms with van der Waals surface area (Å²) in [5.41, 5.74) is 4.00. The number of rotatable bonds is 5. The summed E-state index contributed by atoms with van der Waals surface area (Å²) in [4.78, 5) is 20.7. The molecule has 0 spiro atoms. The third-order valence-electron chi connectivity index (χ3n) is 4.69. The van der Waals surface area contributed by atoms with E-state index in [1.165, 1.54) is 5.56 Å². The molecule has 1 aromatic heterocycles. The van der Waals surface area contributed by atoms with Gasteiger partial charge in [-0.3, -0.25) is 4.79 Å². The minimum Gasteiger partial charge on any atom is -0.424 e. The van der Waals surface area contributed by atoms with Crippen LogP contribution in [0.3, 0.4) is 0 Å². The molecule has 142 valence electrons. The van der Waals surface area contributed by atoms with Crippen LogP contribution < -0.4 is 10.1 Å². The number of anilines is 1. The smallest absolute Gasteiger partial charge is 0.321 e. The Bertz CT molecular complexity index is 976. The molecular weight excluding hydrogens is 354 g/mol. The molecule has 1 amide bonds. The fourth-order valence-electron chi connectivity index (χ4n) is 3.30. The maximum Gasteiger partial charge on any atom is 0.321 e. The molecule has 1 aliphatic rings. The van der Waals surface area contributed by atoms with Gasteiger partial charge in [0.15, 0.2) is 0 Å². The number of nitrogens with zero attached hydrogens (tertiary/aromatic N) is 2. The summed E-state index contributed by atoms with van der Waals surface area (Å²) in [6.07, 6.45) is 4.21. The van der Waals surface area contributed by atoms with Gasteiger partial charge in [-0.1, -0.05) is 24.3 Å². The van der Waals surface area contributed by atoms with Crippen LogP contribution in [0.25, 0.3) is 0 Å². The number of amides is 1. The molecule has 1 N–H and O–H groups in total. The van der Waals surface area contributed by atoms with Gasteiger partial charge in [0.1, 0.15) is 5.75 Å². The number of aromatic nitrogens is 2. The molecule has 3 aromatic rings. The largest absolute Gasteiger partial charge is 0.424 e. The molecule has 0 bridgehead atoms. The predicted molar refractivity (Wildman–Crippen MR) is 105 cm³/mol. The summed E-state index contributed by atoms with van der Waals surface area (Å²) in [5, 5.41) is 2.97. The van der Waals surface area contributed by atoms with E-state index >= 15 is 0 Å². The molecule has 0 fully saturated rings. The van der Waals surface area contributed by atoms with Crippen molar-refractivity contribution in [3.8, 4) is 11.8 Å². The minimum atomic E-state index is -0.205. The molecule has 0 saturated heterocycles. The molecule has 1 aliphatic heterocycles. The van der Waals surface area contributed by atoms with E-state index < -0.39 is 0 Å². The van der Waals surface area contributed by atoms with Gasteiger partial charge in [0.2, 0.25) is 5.91 Å². The quantitative estimate of drug-likeness (QED) is 0.723. The van der Waals surface area contributed by atoms with Gasteiger partial charge in [-0.2, -0.15) is 0 Å². The molecule has 1 atom stereocenters. The number of aryl methyl sites for hydroxylation is 1. The maximum absolute atomic E-state index is 12.6. The molecule has 6 heteroatoms. The van der Waals surface area contributed by atoms with Gasteiger partial charge in [0.05, 0.1) is 19.1 Å². The van der Waals surface area contributed by atoms with Crippen LogP contribution in [0.2, 0.25) is 0 Å². The van der Waals surface area contributed by atoms with Gasteiger partial charge >= 0.3 is 6.01 Å². The van der Waals surface area contributed by atoms with Crippen molar-refractivity contribution in [2.75, 3.05) is 11.9 Å². The lowest BCUT2D eigenvalue weighted by Crippen LogP contribution is -2.22. The van der Waals surface area contributed by atoms with E-state index in [9.17, 15) is 4.79 Å². The number of hydrogen-bond donors (Lipinski definition) is 1. The number of hydrogen-bond acceptors (Lipinski definition) is 5. The molecule has 28 heavy (non-hydrogen) atoms. The van der Waals surface area contributed by atoms with E-state index in [0.717, 1.165) is 23.2 Å². The fourth-order valence-corrected chi connectivity index (χ4v) is 3.30. The SMILES string of the molecule is Cc1cc(Oc2ncccn2)ccc1NC(=O)CC1OCCc2ccccc21. The van der Waals surface area contributed by atoms with Crippen LogP contribution in [0.5, 0.6) is 11.8 Å². The number of fused-ring (bicyclic) bond motifs is 1. The Balaban J connectivity index is 1.41. The molecule has 2 heterocycles. The van der Waals surface area contributed by atoms with E-state index in [4.69, 9.17) is 9.47 Å². The lowest BCUT2D eigenvalue weighted by atomic mass is 9.95. The van der Waals surface area contributed by atoms with Crippen LogP contribution in [0.4, 0.5) is 5.69 Å². The highest BCUT2D eigenvalue weighted by Crippen LogP contribution is 2.30. The average Bonchev–Trinajstić information content (AvgIpc) is 2.71. The third kappa shape index (κ3) is 4.18. The normalized spacial score (nSPS) is 15.5. The van der Waals surface area contributed by atoms with Gasteiger partial charge < -0.3 is 14.8 Å². The molecule has 0 saturated carbocycles. The molecule has 0 aliphatic carbocycles. The van der Waals surface area contributed by atoms with Crippen LogP contribution >= 0.6 is 0 Å². The second-order valence-electron chi connectivity index (χ2n) is 6.67. The van der Waals surface area contributed by atoms with Crippen molar-refractivity contribution in [2.24, 2.45) is 0 Å². The number of nitrogens with one attached hydrogen (secondary N) is 1. The first-order valence-electron chi connectivity index (χ1n) is 9.24. The van der Waals surface area contributed by atoms with E-state index in [2.05, 4.69) is 21.4 Å². The zero-order valence-corrected chi connectivity index (χ0v) is 15.6. The first-order valence-corrected chi connectivity index (χ1v) is 9.24. The van der Waals surface area contributed by atoms with Crippen molar-refractivity contribution in [3.63, 3.8) is 0 Å². The summed E-state index contributed by atoms with van der Waals surface area (Å²) >= 11 is 0. The van der Waals surface area contributed by atoms with Gasteiger partial charge in [-0.15, -0.1) is 0 Å². The first-order chi connectivity index (χ1) is 13.7. The van der Waals surface area contributed by atoms with E-state index in [1.54, 1.807) is 24.5 Å². The molecular formula is C22H21N3O3. The zero-order chi connectivity index (χ0) is 19.3. The van der Waals surface area contributed by atoms with Crippen LogP contribution in [-0.4, -0.2) is 22.5 Å². The topological polar surface area (TPSA) is 73.3 Å². The summed E-state index contributed by atoms with van der Waals surface area (Å²) in [7, 11) is 0. The van der Waals surface area contributed by atoms with Gasteiger partial charge in [-0.25, -0.2) is 9.97 Å². The van der Waals surface area contributed by atoms with E-state index in [-0.39, 0.29) is 24.4 Å². The summed E-state index contributed by atoms with van der Waals surface area (Å²) < 4.78 is 11.5. The lowest BCUT2D eigenvalue weighted by molar-refractivity contribution is -0.119. The molecule has 6 nitrogen and oxygen atoms in total. The van der Waals surface area contributed by atoms with Crippen LogP contribution in [0.1, 0.15) is 29.2 Å². The van der Waals surface area contributed by atoms with Crippen molar-refractivity contribution >= 4 is 11.6 Å². The molecule has 0 radical (unpaired) electrons. The van der Waals surface area contributed by atoms with Gasteiger partial charge in [-0.05, 0) is 54.3 Å².